The zero-order valence-electron chi connectivity index (χ0n) is 23.6. The van der Waals surface area contributed by atoms with Gasteiger partial charge in [0.2, 0.25) is 11.8 Å². The second kappa shape index (κ2) is 13.9. The maximum Gasteiger partial charge on any atom is 0.236 e. The maximum absolute atomic E-state index is 13.1. The van der Waals surface area contributed by atoms with Crippen molar-refractivity contribution in [3.63, 3.8) is 0 Å². The van der Waals surface area contributed by atoms with E-state index in [1.165, 1.54) is 12.1 Å². The van der Waals surface area contributed by atoms with Gasteiger partial charge in [-0.25, -0.2) is 0 Å². The summed E-state index contributed by atoms with van der Waals surface area (Å²) < 4.78 is 11.7. The number of anilines is 1. The number of carbonyl (C=O) groups excluding carboxylic acids is 2. The summed E-state index contributed by atoms with van der Waals surface area (Å²) in [6.45, 7) is 5.13. The number of methoxy groups -OCH3 is 1. The Hall–Kier alpha value is -3.17. The highest BCUT2D eigenvalue weighted by Crippen LogP contribution is 2.33. The van der Waals surface area contributed by atoms with Crippen LogP contribution in [0.25, 0.3) is 0 Å². The Kier molecular flexibility index (Phi) is 9.89. The molecule has 0 saturated carbocycles. The highest BCUT2D eigenvalue weighted by molar-refractivity contribution is 5.79. The van der Waals surface area contributed by atoms with Crippen molar-refractivity contribution in [2.24, 2.45) is 11.8 Å². The predicted molar refractivity (Wildman–Crippen MR) is 154 cm³/mol. The number of pyridine rings is 1. The van der Waals surface area contributed by atoms with Crippen LogP contribution in [0.2, 0.25) is 0 Å². The van der Waals surface area contributed by atoms with E-state index in [9.17, 15) is 9.59 Å². The minimum Gasteiger partial charge on any atom is -0.493 e. The van der Waals surface area contributed by atoms with Crippen LogP contribution in [0.15, 0.2) is 42.7 Å². The number of hydrogen-bond acceptors (Lipinski definition) is 7. The lowest BCUT2D eigenvalue weighted by Crippen LogP contribution is -2.47. The topological polar surface area (TPSA) is 96.0 Å². The van der Waals surface area contributed by atoms with Crippen molar-refractivity contribution in [2.75, 3.05) is 51.4 Å². The lowest BCUT2D eigenvalue weighted by atomic mass is 9.80. The first-order valence-electron chi connectivity index (χ1n) is 14.8. The van der Waals surface area contributed by atoms with Crippen molar-refractivity contribution < 1.29 is 19.1 Å². The number of fused-ring (bicyclic) bond motifs is 3. The highest BCUT2D eigenvalue weighted by atomic mass is 16.5. The number of nitrogens with zero attached hydrogens (tertiary/aromatic N) is 3. The molecule has 0 spiro atoms. The van der Waals surface area contributed by atoms with Crippen LogP contribution in [0, 0.1) is 11.8 Å². The molecule has 9 heteroatoms. The Balaban J connectivity index is 1.22. The Morgan fingerprint density at radius 2 is 2.10 bits per heavy atom. The zero-order chi connectivity index (χ0) is 27.7. The minimum atomic E-state index is 0.0601. The molecule has 5 rings (SSSR count). The molecule has 3 aliphatic rings. The average molecular weight is 550 g/mol. The van der Waals surface area contributed by atoms with E-state index >= 15 is 0 Å². The van der Waals surface area contributed by atoms with Crippen LogP contribution in [0.3, 0.4) is 0 Å². The van der Waals surface area contributed by atoms with E-state index < -0.39 is 0 Å². The highest BCUT2D eigenvalue weighted by Gasteiger charge is 2.32. The van der Waals surface area contributed by atoms with Crippen molar-refractivity contribution in [1.29, 1.82) is 0 Å². The van der Waals surface area contributed by atoms with Gasteiger partial charge in [0.05, 0.1) is 25.8 Å². The molecule has 2 aromatic rings. The summed E-state index contributed by atoms with van der Waals surface area (Å²) in [4.78, 5) is 34.5. The molecule has 3 atom stereocenters. The number of carbonyl (C=O) groups is 2. The van der Waals surface area contributed by atoms with Crippen LogP contribution in [0.1, 0.15) is 49.7 Å². The second-order valence-corrected chi connectivity index (χ2v) is 11.3. The van der Waals surface area contributed by atoms with Crippen LogP contribution in [0.5, 0.6) is 5.75 Å². The molecule has 2 saturated heterocycles. The van der Waals surface area contributed by atoms with Gasteiger partial charge in [-0.1, -0.05) is 6.07 Å². The second-order valence-electron chi connectivity index (χ2n) is 11.3. The molecule has 0 unspecified atom stereocenters. The van der Waals surface area contributed by atoms with Crippen molar-refractivity contribution in [1.82, 2.24) is 20.5 Å². The van der Waals surface area contributed by atoms with Crippen molar-refractivity contribution in [2.45, 2.75) is 57.7 Å². The number of ether oxygens (including phenoxy) is 2. The molecule has 2 bridgehead atoms. The van der Waals surface area contributed by atoms with Crippen LogP contribution >= 0.6 is 0 Å². The first kappa shape index (κ1) is 28.4. The standard InChI is InChI=1S/C31H43N5O4/c1-39-22-28-7-3-12-36(28)27-8-9-29-26(15-27)19-33-20-31(38)35-13-10-24(25(21-35)6-4-14-40-29)16-30(37)34-18-23-5-2-11-32-17-23/h2,5,8-9,11,15,17,24-25,28,33H,3-4,6-7,10,12-14,16,18-22H2,1H3,(H,34,37)/t24-,25-,28-/m0/s1. The Morgan fingerprint density at radius 1 is 1.18 bits per heavy atom. The smallest absolute Gasteiger partial charge is 0.236 e. The summed E-state index contributed by atoms with van der Waals surface area (Å²) in [6, 6.07) is 10.7. The monoisotopic (exact) mass is 549 g/mol. The molecule has 9 nitrogen and oxygen atoms in total. The first-order chi connectivity index (χ1) is 19.6. The molecule has 4 heterocycles. The molecular weight excluding hydrogens is 506 g/mol. The third-order valence-electron chi connectivity index (χ3n) is 8.58. The van der Waals surface area contributed by atoms with Crippen molar-refractivity contribution in [3.8, 4) is 5.75 Å². The molecule has 2 amide bonds. The van der Waals surface area contributed by atoms with Crippen molar-refractivity contribution >= 4 is 17.5 Å². The Labute approximate surface area is 237 Å². The summed E-state index contributed by atoms with van der Waals surface area (Å²) in [7, 11) is 1.76. The molecule has 2 N–H and O–H groups in total. The third kappa shape index (κ3) is 7.31. The average Bonchev–Trinajstić information content (AvgIpc) is 3.44. The number of piperidine rings is 1. The summed E-state index contributed by atoms with van der Waals surface area (Å²) in [5.41, 5.74) is 3.25. The molecule has 1 aromatic heterocycles. The number of amides is 2. The largest absolute Gasteiger partial charge is 0.493 e. The van der Waals surface area contributed by atoms with E-state index in [4.69, 9.17) is 9.47 Å². The quantitative estimate of drug-likeness (QED) is 0.548. The summed E-state index contributed by atoms with van der Waals surface area (Å²) in [5, 5.41) is 6.43. The molecule has 40 heavy (non-hydrogen) atoms. The molecule has 0 aliphatic carbocycles. The minimum absolute atomic E-state index is 0.0601. The predicted octanol–water partition coefficient (Wildman–Crippen LogP) is 3.13. The molecule has 1 aromatic carbocycles. The van der Waals surface area contributed by atoms with Gasteiger partial charge in [0, 0.05) is 69.9 Å². The number of aromatic nitrogens is 1. The van der Waals surface area contributed by atoms with Gasteiger partial charge < -0.3 is 29.9 Å². The molecule has 3 aliphatic heterocycles. The number of nitrogens with one attached hydrogen (secondary N) is 2. The number of benzene rings is 1. The van der Waals surface area contributed by atoms with Crippen LogP contribution in [-0.2, 0) is 27.4 Å². The van der Waals surface area contributed by atoms with E-state index in [0.717, 1.165) is 55.7 Å². The van der Waals surface area contributed by atoms with Gasteiger partial charge in [-0.05, 0) is 73.8 Å². The van der Waals surface area contributed by atoms with Gasteiger partial charge in [0.15, 0.2) is 0 Å². The van der Waals surface area contributed by atoms with E-state index in [0.29, 0.717) is 51.8 Å². The van der Waals surface area contributed by atoms with Gasteiger partial charge in [0.1, 0.15) is 5.75 Å². The summed E-state index contributed by atoms with van der Waals surface area (Å²) in [5.74, 6) is 1.60. The lowest BCUT2D eigenvalue weighted by Gasteiger charge is -2.38. The number of rotatable bonds is 7. The fourth-order valence-electron chi connectivity index (χ4n) is 6.42. The van der Waals surface area contributed by atoms with Gasteiger partial charge in [-0.3, -0.25) is 14.6 Å². The van der Waals surface area contributed by atoms with Gasteiger partial charge in [0.25, 0.3) is 0 Å². The fraction of sp³-hybridized carbons (Fsp3) is 0.581. The van der Waals surface area contributed by atoms with Crippen LogP contribution in [-0.4, -0.2) is 74.2 Å². The third-order valence-corrected chi connectivity index (χ3v) is 8.58. The summed E-state index contributed by atoms with van der Waals surface area (Å²) >= 11 is 0. The lowest BCUT2D eigenvalue weighted by molar-refractivity contribution is -0.133. The maximum atomic E-state index is 13.1. The van der Waals surface area contributed by atoms with Gasteiger partial charge in [-0.2, -0.15) is 0 Å². The van der Waals surface area contributed by atoms with E-state index in [2.05, 4.69) is 38.7 Å². The zero-order valence-corrected chi connectivity index (χ0v) is 23.6. The Morgan fingerprint density at radius 3 is 2.95 bits per heavy atom. The van der Waals surface area contributed by atoms with E-state index in [1.54, 1.807) is 19.5 Å². The van der Waals surface area contributed by atoms with Crippen molar-refractivity contribution in [3.05, 3.63) is 53.9 Å². The molecule has 2 fully saturated rings. The van der Waals surface area contributed by atoms with Gasteiger partial charge in [-0.15, -0.1) is 0 Å². The molecule has 216 valence electrons. The molecular formula is C31H43N5O4. The SMILES string of the molecule is COC[C@@H]1CCCN1c1ccc2c(c1)CNCC(=O)N1CC[C@@H](CC(=O)NCc3cccnc3)[C@@H](CCCO2)C1. The van der Waals surface area contributed by atoms with Gasteiger partial charge >= 0.3 is 0 Å². The Bertz CT molecular complexity index is 1130. The first-order valence-corrected chi connectivity index (χ1v) is 14.8. The van der Waals surface area contributed by atoms with E-state index in [1.807, 2.05) is 17.0 Å². The normalized spacial score (nSPS) is 23.8. The van der Waals surface area contributed by atoms with E-state index in [-0.39, 0.29) is 23.7 Å². The fourth-order valence-corrected chi connectivity index (χ4v) is 6.42. The number of hydrogen-bond donors (Lipinski definition) is 2. The molecule has 0 radical (unpaired) electrons. The van der Waals surface area contributed by atoms with Crippen LogP contribution in [0.4, 0.5) is 5.69 Å². The van der Waals surface area contributed by atoms with Crippen LogP contribution < -0.4 is 20.3 Å². The summed E-state index contributed by atoms with van der Waals surface area (Å²) in [6.07, 6.45) is 8.95.